The molecule has 1 aliphatic rings. The van der Waals surface area contributed by atoms with E-state index >= 15 is 0 Å². The zero-order chi connectivity index (χ0) is 27.2. The Bertz CT molecular complexity index is 1430. The van der Waals surface area contributed by atoms with Crippen LogP contribution >= 0.6 is 23.1 Å². The number of thiazole rings is 1. The number of aromatic nitrogens is 1. The van der Waals surface area contributed by atoms with Crippen LogP contribution in [0.2, 0.25) is 0 Å². The number of nitrogens with one attached hydrogen (secondary N) is 1. The van der Waals surface area contributed by atoms with E-state index in [1.54, 1.807) is 24.5 Å². The number of anilines is 2. The number of piperazine rings is 1. The van der Waals surface area contributed by atoms with Crippen molar-refractivity contribution in [2.45, 2.75) is 11.3 Å². The van der Waals surface area contributed by atoms with Crippen molar-refractivity contribution in [3.63, 3.8) is 0 Å². The number of hydrogen-bond acceptors (Lipinski definition) is 7. The van der Waals surface area contributed by atoms with Gasteiger partial charge in [-0.05, 0) is 43.3 Å². The average molecular weight is 559 g/mol. The monoisotopic (exact) mass is 558 g/mol. The SMILES string of the molecule is COc1ccccc1C(=O)N1CCN(c2ccc(NC(=O)CSc3nc(-c4ccc(C)cc4)cs3)cc2)CC1. The maximum absolute atomic E-state index is 13.0. The fourth-order valence-corrected chi connectivity index (χ4v) is 6.06. The highest BCUT2D eigenvalue weighted by molar-refractivity contribution is 8.01. The van der Waals surface area contributed by atoms with E-state index in [2.05, 4.69) is 46.4 Å². The zero-order valence-corrected chi connectivity index (χ0v) is 23.6. The molecule has 0 bridgehead atoms. The van der Waals surface area contributed by atoms with Gasteiger partial charge in [0.1, 0.15) is 5.75 Å². The van der Waals surface area contributed by atoms with E-state index in [1.807, 2.05) is 52.7 Å². The molecule has 0 atom stereocenters. The van der Waals surface area contributed by atoms with Crippen LogP contribution in [0.15, 0.2) is 82.5 Å². The van der Waals surface area contributed by atoms with Crippen molar-refractivity contribution in [1.82, 2.24) is 9.88 Å². The van der Waals surface area contributed by atoms with Gasteiger partial charge < -0.3 is 19.9 Å². The van der Waals surface area contributed by atoms with Crippen molar-refractivity contribution in [2.75, 3.05) is 49.3 Å². The molecule has 4 aromatic rings. The summed E-state index contributed by atoms with van der Waals surface area (Å²) in [7, 11) is 1.58. The molecular formula is C30H30N4O3S2. The van der Waals surface area contributed by atoms with Gasteiger partial charge in [0.2, 0.25) is 5.91 Å². The second-order valence-electron chi connectivity index (χ2n) is 9.23. The van der Waals surface area contributed by atoms with Gasteiger partial charge in [0.25, 0.3) is 5.91 Å². The van der Waals surface area contributed by atoms with Crippen LogP contribution < -0.4 is 15.0 Å². The molecule has 1 aromatic heterocycles. The highest BCUT2D eigenvalue weighted by Gasteiger charge is 2.24. The van der Waals surface area contributed by atoms with Crippen LogP contribution in [-0.2, 0) is 4.79 Å². The molecule has 0 spiro atoms. The van der Waals surface area contributed by atoms with Crippen LogP contribution in [0, 0.1) is 6.92 Å². The smallest absolute Gasteiger partial charge is 0.257 e. The lowest BCUT2D eigenvalue weighted by Gasteiger charge is -2.36. The van der Waals surface area contributed by atoms with E-state index in [4.69, 9.17) is 4.74 Å². The van der Waals surface area contributed by atoms with Crippen LogP contribution in [0.4, 0.5) is 11.4 Å². The largest absolute Gasteiger partial charge is 0.496 e. The molecule has 3 aromatic carbocycles. The Labute approximate surface area is 236 Å². The molecule has 7 nitrogen and oxygen atoms in total. The van der Waals surface area contributed by atoms with Gasteiger partial charge in [0.05, 0.1) is 24.1 Å². The molecule has 0 unspecified atom stereocenters. The Balaban J connectivity index is 1.09. The zero-order valence-electron chi connectivity index (χ0n) is 21.9. The summed E-state index contributed by atoms with van der Waals surface area (Å²) in [4.78, 5) is 34.3. The Hall–Kier alpha value is -3.82. The Morgan fingerprint density at radius 1 is 0.974 bits per heavy atom. The van der Waals surface area contributed by atoms with Crippen LogP contribution in [0.5, 0.6) is 5.75 Å². The number of ether oxygens (including phenoxy) is 1. The number of methoxy groups -OCH3 is 1. The molecule has 39 heavy (non-hydrogen) atoms. The number of rotatable bonds is 8. The standard InChI is InChI=1S/C30H30N4O3S2/c1-21-7-9-22(10-8-21)26-19-38-30(32-26)39-20-28(35)31-23-11-13-24(14-12-23)33-15-17-34(18-16-33)29(36)25-5-3-4-6-27(25)37-2/h3-14,19H,15-18,20H2,1-2H3,(H,31,35). The molecular weight excluding hydrogens is 528 g/mol. The number of para-hydroxylation sites is 1. The number of aryl methyl sites for hydroxylation is 1. The van der Waals surface area contributed by atoms with Gasteiger partial charge in [0, 0.05) is 48.5 Å². The Morgan fingerprint density at radius 2 is 1.69 bits per heavy atom. The van der Waals surface area contributed by atoms with Crippen LogP contribution in [0.3, 0.4) is 0 Å². The van der Waals surface area contributed by atoms with Crippen molar-refractivity contribution in [3.05, 3.63) is 89.3 Å². The minimum Gasteiger partial charge on any atom is -0.496 e. The highest BCUT2D eigenvalue weighted by Crippen LogP contribution is 2.29. The lowest BCUT2D eigenvalue weighted by Crippen LogP contribution is -2.48. The molecule has 1 fully saturated rings. The number of nitrogens with zero attached hydrogens (tertiary/aromatic N) is 3. The second kappa shape index (κ2) is 12.4. The first-order valence-electron chi connectivity index (χ1n) is 12.7. The maximum Gasteiger partial charge on any atom is 0.257 e. The molecule has 200 valence electrons. The second-order valence-corrected chi connectivity index (χ2v) is 11.3. The highest BCUT2D eigenvalue weighted by atomic mass is 32.2. The van der Waals surface area contributed by atoms with Gasteiger partial charge in [-0.2, -0.15) is 0 Å². The van der Waals surface area contributed by atoms with E-state index in [0.29, 0.717) is 30.2 Å². The molecule has 2 heterocycles. The third-order valence-electron chi connectivity index (χ3n) is 6.58. The fraction of sp³-hybridized carbons (Fsp3) is 0.233. The van der Waals surface area contributed by atoms with Crippen LogP contribution in [0.1, 0.15) is 15.9 Å². The molecule has 9 heteroatoms. The average Bonchev–Trinajstić information content (AvgIpc) is 3.46. The van der Waals surface area contributed by atoms with Gasteiger partial charge in [-0.3, -0.25) is 9.59 Å². The molecule has 2 amide bonds. The maximum atomic E-state index is 13.0. The Morgan fingerprint density at radius 3 is 2.41 bits per heavy atom. The van der Waals surface area contributed by atoms with Gasteiger partial charge >= 0.3 is 0 Å². The first-order chi connectivity index (χ1) is 19.0. The van der Waals surface area contributed by atoms with E-state index < -0.39 is 0 Å². The molecule has 0 saturated carbocycles. The van der Waals surface area contributed by atoms with Gasteiger partial charge in [-0.1, -0.05) is 53.7 Å². The van der Waals surface area contributed by atoms with Crippen molar-refractivity contribution in [2.24, 2.45) is 0 Å². The summed E-state index contributed by atoms with van der Waals surface area (Å²) < 4.78 is 6.23. The van der Waals surface area contributed by atoms with Gasteiger partial charge in [-0.15, -0.1) is 11.3 Å². The number of thioether (sulfide) groups is 1. The summed E-state index contributed by atoms with van der Waals surface area (Å²) in [6.45, 7) is 4.81. The summed E-state index contributed by atoms with van der Waals surface area (Å²) in [6.07, 6.45) is 0. The predicted octanol–water partition coefficient (Wildman–Crippen LogP) is 5.82. The molecule has 1 aliphatic heterocycles. The van der Waals surface area contributed by atoms with Crippen molar-refractivity contribution >= 4 is 46.3 Å². The van der Waals surface area contributed by atoms with E-state index in [1.165, 1.54) is 17.3 Å². The molecule has 0 radical (unpaired) electrons. The topological polar surface area (TPSA) is 74.8 Å². The first-order valence-corrected chi connectivity index (χ1v) is 14.6. The predicted molar refractivity (Wildman–Crippen MR) is 159 cm³/mol. The minimum absolute atomic E-state index is 0.00727. The van der Waals surface area contributed by atoms with Crippen molar-refractivity contribution in [1.29, 1.82) is 0 Å². The summed E-state index contributed by atoms with van der Waals surface area (Å²) in [5.41, 5.74) is 5.65. The van der Waals surface area contributed by atoms with Crippen LogP contribution in [-0.4, -0.2) is 60.7 Å². The summed E-state index contributed by atoms with van der Waals surface area (Å²) in [5.74, 6) is 0.820. The number of amides is 2. The number of carbonyl (C=O) groups is 2. The summed E-state index contributed by atoms with van der Waals surface area (Å²) in [5, 5.41) is 5.00. The molecule has 1 saturated heterocycles. The minimum atomic E-state index is -0.0664. The third kappa shape index (κ3) is 6.61. The number of benzene rings is 3. The molecule has 5 rings (SSSR count). The summed E-state index contributed by atoms with van der Waals surface area (Å²) >= 11 is 2.99. The van der Waals surface area contributed by atoms with E-state index in [0.717, 1.165) is 40.1 Å². The number of hydrogen-bond donors (Lipinski definition) is 1. The van der Waals surface area contributed by atoms with Gasteiger partial charge in [-0.25, -0.2) is 4.98 Å². The molecule has 0 aliphatic carbocycles. The normalized spacial score (nSPS) is 13.3. The third-order valence-corrected chi connectivity index (χ3v) is 8.60. The lowest BCUT2D eigenvalue weighted by atomic mass is 10.1. The van der Waals surface area contributed by atoms with Crippen LogP contribution in [0.25, 0.3) is 11.3 Å². The number of carbonyl (C=O) groups excluding carboxylic acids is 2. The Kier molecular flexibility index (Phi) is 8.48. The summed E-state index contributed by atoms with van der Waals surface area (Å²) in [6, 6.07) is 23.5. The lowest BCUT2D eigenvalue weighted by molar-refractivity contribution is -0.113. The van der Waals surface area contributed by atoms with Crippen molar-refractivity contribution < 1.29 is 14.3 Å². The van der Waals surface area contributed by atoms with Gasteiger partial charge in [0.15, 0.2) is 4.34 Å². The first kappa shape index (κ1) is 26.8. The van der Waals surface area contributed by atoms with E-state index in [-0.39, 0.29) is 11.8 Å². The quantitative estimate of drug-likeness (QED) is 0.275. The molecule has 1 N–H and O–H groups in total. The fourth-order valence-electron chi connectivity index (χ4n) is 4.42. The van der Waals surface area contributed by atoms with E-state index in [9.17, 15) is 9.59 Å². The van der Waals surface area contributed by atoms with Crippen molar-refractivity contribution in [3.8, 4) is 17.0 Å².